The third-order valence-electron chi connectivity index (χ3n) is 6.80. The van der Waals surface area contributed by atoms with Gasteiger partial charge in [0, 0.05) is 37.9 Å². The Labute approximate surface area is 215 Å². The number of aliphatic hydroxyl groups excluding tert-OH is 2. The van der Waals surface area contributed by atoms with Crippen LogP contribution in [0.15, 0.2) is 36.5 Å². The van der Waals surface area contributed by atoms with Crippen LogP contribution in [-0.2, 0) is 14.3 Å². The van der Waals surface area contributed by atoms with Crippen LogP contribution in [-0.4, -0.2) is 99.8 Å². The molecule has 1 aromatic carbocycles. The van der Waals surface area contributed by atoms with Crippen LogP contribution in [0, 0.1) is 11.8 Å². The van der Waals surface area contributed by atoms with Crippen LogP contribution < -0.4 is 5.32 Å². The van der Waals surface area contributed by atoms with Gasteiger partial charge in [0.25, 0.3) is 5.91 Å². The fourth-order valence-electron chi connectivity index (χ4n) is 4.56. The number of ether oxygens (including phenoxy) is 1. The van der Waals surface area contributed by atoms with Gasteiger partial charge in [-0.2, -0.15) is 0 Å². The minimum Gasteiger partial charge on any atom is -0.479 e. The molecule has 0 saturated carbocycles. The Morgan fingerprint density at radius 2 is 1.57 bits per heavy atom. The number of benzene rings is 1. The molecule has 1 amide bonds. The first-order valence-corrected chi connectivity index (χ1v) is 12.5. The van der Waals surface area contributed by atoms with Gasteiger partial charge in [0.05, 0.1) is 11.1 Å². The van der Waals surface area contributed by atoms with E-state index in [9.17, 15) is 14.4 Å². The number of carbonyl (C=O) groups excluding carboxylic acids is 1. The maximum Gasteiger partial charge on any atom is 0.335 e. The Balaban J connectivity index is 0.000000325. The molecule has 11 heteroatoms. The van der Waals surface area contributed by atoms with Crippen LogP contribution in [0.4, 0.5) is 0 Å². The molecule has 3 heterocycles. The summed E-state index contributed by atoms with van der Waals surface area (Å²) in [5.41, 5.74) is 1.45. The molecule has 202 valence electrons. The molecule has 0 unspecified atom stereocenters. The average Bonchev–Trinajstić information content (AvgIpc) is 2.92. The number of carbonyl (C=O) groups is 3. The van der Waals surface area contributed by atoms with E-state index in [2.05, 4.69) is 15.2 Å². The number of pyridine rings is 1. The van der Waals surface area contributed by atoms with Crippen molar-refractivity contribution in [2.45, 2.75) is 37.9 Å². The standard InChI is InChI=1S/C22H29N3O2.C4H6O6/c26-22(20-5-1-3-19-4-2-10-23-21(19)20)24-15-17-6-11-25(12-7-17)16-18-8-13-27-14-9-18;5-1(3(7)8)2(6)4(9)10/h1-5,10,17-18H,6-9,11-16H2,(H,24,26);1-2,5-6H,(H,7,8)(H,9,10)/t;1-,2-/m.1/s1. The van der Waals surface area contributed by atoms with Gasteiger partial charge >= 0.3 is 11.9 Å². The summed E-state index contributed by atoms with van der Waals surface area (Å²) in [6, 6.07) is 9.67. The monoisotopic (exact) mass is 517 g/mol. The molecule has 2 atom stereocenters. The smallest absolute Gasteiger partial charge is 0.335 e. The van der Waals surface area contributed by atoms with E-state index in [4.69, 9.17) is 25.2 Å². The number of carboxylic acids is 2. The predicted octanol–water partition coefficient (Wildman–Crippen LogP) is 0.981. The highest BCUT2D eigenvalue weighted by Crippen LogP contribution is 2.22. The second kappa shape index (κ2) is 14.0. The first-order valence-electron chi connectivity index (χ1n) is 12.5. The maximum absolute atomic E-state index is 12.7. The Morgan fingerprint density at radius 3 is 2.19 bits per heavy atom. The number of aliphatic hydroxyl groups is 2. The molecular formula is C26H35N3O8. The summed E-state index contributed by atoms with van der Waals surface area (Å²) in [7, 11) is 0. The molecule has 1 aromatic heterocycles. The summed E-state index contributed by atoms with van der Waals surface area (Å²) in [5, 5.41) is 36.7. The van der Waals surface area contributed by atoms with E-state index in [0.717, 1.165) is 62.5 Å². The minimum atomic E-state index is -2.27. The van der Waals surface area contributed by atoms with E-state index in [1.807, 2.05) is 30.3 Å². The van der Waals surface area contributed by atoms with Crippen molar-refractivity contribution < 1.29 is 39.5 Å². The van der Waals surface area contributed by atoms with E-state index in [1.54, 1.807) is 6.20 Å². The van der Waals surface area contributed by atoms with Crippen LogP contribution in [0.2, 0.25) is 0 Å². The van der Waals surface area contributed by atoms with Crippen molar-refractivity contribution in [3.05, 3.63) is 42.1 Å². The van der Waals surface area contributed by atoms with E-state index < -0.39 is 24.1 Å². The Bertz CT molecular complexity index is 1030. The number of amides is 1. The van der Waals surface area contributed by atoms with E-state index in [-0.39, 0.29) is 5.91 Å². The summed E-state index contributed by atoms with van der Waals surface area (Å²) in [6.07, 6.45) is 1.95. The number of para-hydroxylation sites is 1. The molecule has 2 aliphatic rings. The Morgan fingerprint density at radius 1 is 0.946 bits per heavy atom. The summed E-state index contributed by atoms with van der Waals surface area (Å²) in [6.45, 7) is 6.12. The summed E-state index contributed by atoms with van der Waals surface area (Å²) >= 11 is 0. The quantitative estimate of drug-likeness (QED) is 0.340. The fourth-order valence-corrected chi connectivity index (χ4v) is 4.56. The van der Waals surface area contributed by atoms with E-state index in [1.165, 1.54) is 19.4 Å². The number of hydrogen-bond donors (Lipinski definition) is 5. The van der Waals surface area contributed by atoms with Gasteiger partial charge in [-0.3, -0.25) is 9.78 Å². The molecule has 2 fully saturated rings. The number of fused-ring (bicyclic) bond motifs is 1. The van der Waals surface area contributed by atoms with Crippen molar-refractivity contribution >= 4 is 28.7 Å². The molecule has 0 aliphatic carbocycles. The number of aromatic nitrogens is 1. The maximum atomic E-state index is 12.7. The van der Waals surface area contributed by atoms with Crippen molar-refractivity contribution in [2.75, 3.05) is 39.4 Å². The highest BCUT2D eigenvalue weighted by Gasteiger charge is 2.29. The zero-order valence-corrected chi connectivity index (χ0v) is 20.7. The third-order valence-corrected chi connectivity index (χ3v) is 6.80. The second-order valence-electron chi connectivity index (χ2n) is 9.46. The largest absolute Gasteiger partial charge is 0.479 e. The zero-order valence-electron chi connectivity index (χ0n) is 20.7. The van der Waals surface area contributed by atoms with Gasteiger partial charge in [-0.25, -0.2) is 9.59 Å². The number of likely N-dealkylation sites (tertiary alicyclic amines) is 1. The average molecular weight is 518 g/mol. The highest BCUT2D eigenvalue weighted by atomic mass is 16.5. The number of aliphatic carboxylic acids is 2. The second-order valence-corrected chi connectivity index (χ2v) is 9.46. The van der Waals surface area contributed by atoms with Crippen LogP contribution >= 0.6 is 0 Å². The molecule has 11 nitrogen and oxygen atoms in total. The Kier molecular flexibility index (Phi) is 10.8. The van der Waals surface area contributed by atoms with Crippen LogP contribution in [0.5, 0.6) is 0 Å². The summed E-state index contributed by atoms with van der Waals surface area (Å²) in [4.78, 5) is 39.2. The molecule has 2 saturated heterocycles. The summed E-state index contributed by atoms with van der Waals surface area (Å²) < 4.78 is 5.46. The lowest BCUT2D eigenvalue weighted by Crippen LogP contribution is -2.41. The summed E-state index contributed by atoms with van der Waals surface area (Å²) in [5.74, 6) is -2.18. The zero-order chi connectivity index (χ0) is 26.8. The normalized spacial score (nSPS) is 18.9. The van der Waals surface area contributed by atoms with Crippen LogP contribution in [0.3, 0.4) is 0 Å². The molecule has 0 spiro atoms. The first-order chi connectivity index (χ1) is 17.8. The van der Waals surface area contributed by atoms with Gasteiger partial charge in [0.15, 0.2) is 12.2 Å². The predicted molar refractivity (Wildman–Crippen MR) is 134 cm³/mol. The molecule has 0 bridgehead atoms. The lowest BCUT2D eigenvalue weighted by molar-refractivity contribution is -0.165. The number of rotatable bonds is 8. The number of piperidine rings is 1. The van der Waals surface area contributed by atoms with Crippen molar-refractivity contribution in [3.63, 3.8) is 0 Å². The lowest BCUT2D eigenvalue weighted by atomic mass is 9.94. The van der Waals surface area contributed by atoms with Crippen LogP contribution in [0.1, 0.15) is 36.0 Å². The fraction of sp³-hybridized carbons (Fsp3) is 0.538. The molecule has 0 radical (unpaired) electrons. The number of hydrogen-bond acceptors (Lipinski definition) is 8. The molecular weight excluding hydrogens is 482 g/mol. The molecule has 2 aromatic rings. The molecule has 2 aliphatic heterocycles. The first kappa shape index (κ1) is 28.5. The van der Waals surface area contributed by atoms with Gasteiger partial charge in [-0.15, -0.1) is 0 Å². The van der Waals surface area contributed by atoms with Gasteiger partial charge in [0.2, 0.25) is 0 Å². The highest BCUT2D eigenvalue weighted by molar-refractivity contribution is 6.05. The van der Waals surface area contributed by atoms with Gasteiger partial charge in [0.1, 0.15) is 0 Å². The molecule has 4 rings (SSSR count). The minimum absolute atomic E-state index is 0.0102. The van der Waals surface area contributed by atoms with Crippen molar-refractivity contribution in [1.82, 2.24) is 15.2 Å². The van der Waals surface area contributed by atoms with Crippen molar-refractivity contribution in [1.29, 1.82) is 0 Å². The van der Waals surface area contributed by atoms with Crippen molar-refractivity contribution in [3.8, 4) is 0 Å². The SMILES string of the molecule is O=C(NCC1CCN(CC2CCOCC2)CC1)c1cccc2cccnc12.O=C(O)[C@H](O)[C@@H](O)C(=O)O. The van der Waals surface area contributed by atoms with E-state index in [0.29, 0.717) is 11.5 Å². The van der Waals surface area contributed by atoms with Crippen LogP contribution in [0.25, 0.3) is 10.9 Å². The van der Waals surface area contributed by atoms with Gasteiger partial charge in [-0.1, -0.05) is 18.2 Å². The Hall–Kier alpha value is -3.12. The van der Waals surface area contributed by atoms with Gasteiger partial charge < -0.3 is 35.4 Å². The topological polar surface area (TPSA) is 170 Å². The van der Waals surface area contributed by atoms with E-state index >= 15 is 0 Å². The van der Waals surface area contributed by atoms with Gasteiger partial charge in [-0.05, 0) is 62.7 Å². The molecule has 37 heavy (non-hydrogen) atoms. The molecule has 5 N–H and O–H groups in total. The number of nitrogens with zero attached hydrogens (tertiary/aromatic N) is 2. The number of nitrogens with one attached hydrogen (secondary N) is 1. The third kappa shape index (κ3) is 8.46. The number of carboxylic acid groups (broad SMARTS) is 2. The van der Waals surface area contributed by atoms with Crippen molar-refractivity contribution in [2.24, 2.45) is 11.8 Å². The lowest BCUT2D eigenvalue weighted by Gasteiger charge is -2.35.